The zero-order chi connectivity index (χ0) is 20.5. The number of aryl methyl sites for hydroxylation is 2. The fraction of sp³-hybridized carbons (Fsp3) is 0.286. The van der Waals surface area contributed by atoms with Crippen molar-refractivity contribution in [3.05, 3.63) is 57.3 Å². The van der Waals surface area contributed by atoms with Gasteiger partial charge in [0.05, 0.1) is 12.7 Å². The van der Waals surface area contributed by atoms with Gasteiger partial charge in [0.2, 0.25) is 0 Å². The van der Waals surface area contributed by atoms with Crippen LogP contribution in [0.15, 0.2) is 28.8 Å². The molecule has 0 spiro atoms. The lowest BCUT2D eigenvalue weighted by Gasteiger charge is -2.11. The second-order valence-corrected chi connectivity index (χ2v) is 8.01. The van der Waals surface area contributed by atoms with Crippen LogP contribution in [0.25, 0.3) is 11.3 Å². The lowest BCUT2D eigenvalue weighted by molar-refractivity contribution is 0.0601. The molecule has 0 saturated carbocycles. The summed E-state index contributed by atoms with van der Waals surface area (Å²) in [5.41, 5.74) is 2.43. The SMILES string of the molecule is COC(=O)c1c(NC(=O)c2cc(-c3ccc(C)c(F)c3)on2)sc2c1CCCC2. The van der Waals surface area contributed by atoms with Crippen LogP contribution in [0.1, 0.15) is 49.7 Å². The van der Waals surface area contributed by atoms with Gasteiger partial charge in [-0.05, 0) is 49.8 Å². The first kappa shape index (κ1) is 19.3. The van der Waals surface area contributed by atoms with Gasteiger partial charge < -0.3 is 14.6 Å². The molecular weight excluding hydrogens is 395 g/mol. The molecular formula is C21H19FN2O4S. The van der Waals surface area contributed by atoms with Crippen molar-refractivity contribution in [1.82, 2.24) is 5.16 Å². The number of hydrogen-bond acceptors (Lipinski definition) is 6. The predicted octanol–water partition coefficient (Wildman–Crippen LogP) is 4.77. The third-order valence-electron chi connectivity index (χ3n) is 4.99. The average Bonchev–Trinajstić information content (AvgIpc) is 3.34. The molecule has 8 heteroatoms. The first-order chi connectivity index (χ1) is 14.0. The molecule has 3 aromatic rings. The summed E-state index contributed by atoms with van der Waals surface area (Å²) in [5.74, 6) is -1.04. The molecule has 1 amide bonds. The molecule has 0 fully saturated rings. The Balaban J connectivity index is 1.60. The van der Waals surface area contributed by atoms with Crippen LogP contribution in [0.5, 0.6) is 0 Å². The number of amides is 1. The molecule has 1 aliphatic carbocycles. The molecule has 6 nitrogen and oxygen atoms in total. The maximum absolute atomic E-state index is 13.8. The Morgan fingerprint density at radius 2 is 2.03 bits per heavy atom. The summed E-state index contributed by atoms with van der Waals surface area (Å²) in [4.78, 5) is 26.1. The van der Waals surface area contributed by atoms with Gasteiger partial charge in [0, 0.05) is 16.5 Å². The van der Waals surface area contributed by atoms with E-state index < -0.39 is 11.9 Å². The van der Waals surface area contributed by atoms with Gasteiger partial charge in [0.25, 0.3) is 5.91 Å². The lowest BCUT2D eigenvalue weighted by Crippen LogP contribution is -2.15. The van der Waals surface area contributed by atoms with Gasteiger partial charge in [-0.3, -0.25) is 4.79 Å². The maximum atomic E-state index is 13.8. The Kier molecular flexibility index (Phi) is 5.19. The second kappa shape index (κ2) is 7.79. The number of aromatic nitrogens is 1. The van der Waals surface area contributed by atoms with E-state index in [9.17, 15) is 14.0 Å². The number of nitrogens with zero attached hydrogens (tertiary/aromatic N) is 1. The molecule has 1 aromatic carbocycles. The third-order valence-corrected chi connectivity index (χ3v) is 6.19. The van der Waals surface area contributed by atoms with Crippen molar-refractivity contribution < 1.29 is 23.2 Å². The highest BCUT2D eigenvalue weighted by molar-refractivity contribution is 7.17. The van der Waals surface area contributed by atoms with Crippen LogP contribution in [0, 0.1) is 12.7 Å². The number of halogens is 1. The fourth-order valence-corrected chi connectivity index (χ4v) is 4.68. The lowest BCUT2D eigenvalue weighted by atomic mass is 9.95. The molecule has 1 aliphatic rings. The summed E-state index contributed by atoms with van der Waals surface area (Å²) in [6.45, 7) is 1.66. The number of hydrogen-bond donors (Lipinski definition) is 1. The Hall–Kier alpha value is -3.00. The highest BCUT2D eigenvalue weighted by atomic mass is 32.1. The minimum Gasteiger partial charge on any atom is -0.465 e. The van der Waals surface area contributed by atoms with Crippen molar-refractivity contribution in [3.8, 4) is 11.3 Å². The number of benzene rings is 1. The first-order valence-corrected chi connectivity index (χ1v) is 10.1. The summed E-state index contributed by atoms with van der Waals surface area (Å²) in [6.07, 6.45) is 3.73. The van der Waals surface area contributed by atoms with Gasteiger partial charge in [-0.15, -0.1) is 11.3 Å². The van der Waals surface area contributed by atoms with Gasteiger partial charge in [0.15, 0.2) is 11.5 Å². The van der Waals surface area contributed by atoms with Gasteiger partial charge in [-0.25, -0.2) is 9.18 Å². The maximum Gasteiger partial charge on any atom is 0.341 e. The molecule has 0 unspecified atom stereocenters. The number of nitrogens with one attached hydrogen (secondary N) is 1. The number of anilines is 1. The van der Waals surface area contributed by atoms with Crippen molar-refractivity contribution in [2.45, 2.75) is 32.6 Å². The number of carbonyl (C=O) groups is 2. The summed E-state index contributed by atoms with van der Waals surface area (Å²) in [5, 5.41) is 7.02. The van der Waals surface area contributed by atoms with E-state index in [1.54, 1.807) is 19.1 Å². The van der Waals surface area contributed by atoms with Crippen LogP contribution < -0.4 is 5.32 Å². The van der Waals surface area contributed by atoms with Crippen molar-refractivity contribution >= 4 is 28.2 Å². The first-order valence-electron chi connectivity index (χ1n) is 9.25. The number of ether oxygens (including phenoxy) is 1. The molecule has 0 aliphatic heterocycles. The van der Waals surface area contributed by atoms with Crippen molar-refractivity contribution in [3.63, 3.8) is 0 Å². The second-order valence-electron chi connectivity index (χ2n) is 6.90. The topological polar surface area (TPSA) is 81.4 Å². The fourth-order valence-electron chi connectivity index (χ4n) is 3.40. The van der Waals surface area contributed by atoms with E-state index >= 15 is 0 Å². The molecule has 150 valence electrons. The number of carbonyl (C=O) groups excluding carboxylic acids is 2. The molecule has 2 heterocycles. The van der Waals surface area contributed by atoms with Gasteiger partial charge >= 0.3 is 5.97 Å². The number of methoxy groups -OCH3 is 1. The zero-order valence-electron chi connectivity index (χ0n) is 16.0. The number of esters is 1. The van der Waals surface area contributed by atoms with Crippen LogP contribution >= 0.6 is 11.3 Å². The molecule has 2 aromatic heterocycles. The van der Waals surface area contributed by atoms with E-state index in [0.717, 1.165) is 36.1 Å². The van der Waals surface area contributed by atoms with E-state index in [4.69, 9.17) is 9.26 Å². The van der Waals surface area contributed by atoms with Crippen molar-refractivity contribution in [1.29, 1.82) is 0 Å². The normalized spacial score (nSPS) is 13.1. The standard InChI is InChI=1S/C21H19FN2O4S/c1-11-7-8-12(9-14(11)22)16-10-15(24-28-16)19(25)23-20-18(21(26)27-2)13-5-3-4-6-17(13)29-20/h7-10H,3-6H2,1-2H3,(H,23,25). The minimum atomic E-state index is -0.503. The average molecular weight is 414 g/mol. The predicted molar refractivity (Wildman–Crippen MR) is 107 cm³/mol. The third kappa shape index (κ3) is 3.67. The van der Waals surface area contributed by atoms with Crippen molar-refractivity contribution in [2.75, 3.05) is 12.4 Å². The number of thiophene rings is 1. The van der Waals surface area contributed by atoms with Crippen molar-refractivity contribution in [2.24, 2.45) is 0 Å². The van der Waals surface area contributed by atoms with Crippen LogP contribution in [-0.2, 0) is 17.6 Å². The van der Waals surface area contributed by atoms with E-state index in [2.05, 4.69) is 10.5 Å². The van der Waals surface area contributed by atoms with E-state index in [-0.39, 0.29) is 17.3 Å². The van der Waals surface area contributed by atoms with E-state index in [0.29, 0.717) is 21.7 Å². The van der Waals surface area contributed by atoms with Crippen LogP contribution in [-0.4, -0.2) is 24.1 Å². The highest BCUT2D eigenvalue weighted by Crippen LogP contribution is 2.38. The summed E-state index contributed by atoms with van der Waals surface area (Å²) >= 11 is 1.39. The molecule has 29 heavy (non-hydrogen) atoms. The zero-order valence-corrected chi connectivity index (χ0v) is 16.8. The number of fused-ring (bicyclic) bond motifs is 1. The smallest absolute Gasteiger partial charge is 0.341 e. The van der Waals surface area contributed by atoms with Gasteiger partial charge in [0.1, 0.15) is 10.8 Å². The Bertz CT molecular complexity index is 1100. The van der Waals surface area contributed by atoms with E-state index in [1.807, 2.05) is 0 Å². The van der Waals surface area contributed by atoms with Crippen LogP contribution in [0.3, 0.4) is 0 Å². The molecule has 0 radical (unpaired) electrons. The van der Waals surface area contributed by atoms with Gasteiger partial charge in [-0.2, -0.15) is 0 Å². The Morgan fingerprint density at radius 1 is 1.24 bits per heavy atom. The quantitative estimate of drug-likeness (QED) is 0.622. The summed E-state index contributed by atoms with van der Waals surface area (Å²) < 4.78 is 23.9. The monoisotopic (exact) mass is 414 g/mol. The summed E-state index contributed by atoms with van der Waals surface area (Å²) in [7, 11) is 1.32. The Morgan fingerprint density at radius 3 is 2.79 bits per heavy atom. The van der Waals surface area contributed by atoms with E-state index in [1.165, 1.54) is 30.6 Å². The minimum absolute atomic E-state index is 0.0446. The molecule has 0 bridgehead atoms. The molecule has 4 rings (SSSR count). The van der Waals surface area contributed by atoms with Gasteiger partial charge in [-0.1, -0.05) is 17.3 Å². The molecule has 0 atom stereocenters. The highest BCUT2D eigenvalue weighted by Gasteiger charge is 2.27. The Labute approximate surface area is 170 Å². The van der Waals surface area contributed by atoms with Crippen LogP contribution in [0.4, 0.5) is 9.39 Å². The molecule has 1 N–H and O–H groups in total. The molecule has 0 saturated heterocycles. The number of rotatable bonds is 4. The summed E-state index contributed by atoms with van der Waals surface area (Å²) in [6, 6.07) is 6.11. The van der Waals surface area contributed by atoms with Crippen LogP contribution in [0.2, 0.25) is 0 Å². The largest absolute Gasteiger partial charge is 0.465 e.